The summed E-state index contributed by atoms with van der Waals surface area (Å²) in [5, 5.41) is 11.1. The summed E-state index contributed by atoms with van der Waals surface area (Å²) >= 11 is 0. The van der Waals surface area contributed by atoms with Crippen molar-refractivity contribution in [3.63, 3.8) is 0 Å². The number of hydrogen-bond donors (Lipinski definition) is 1. The molecule has 0 unspecified atom stereocenters. The fourth-order valence-corrected chi connectivity index (χ4v) is 1.99. The molecule has 3 rings (SSSR count). The van der Waals surface area contributed by atoms with Crippen molar-refractivity contribution < 1.29 is 4.39 Å². The zero-order valence-corrected chi connectivity index (χ0v) is 8.65. The Hall–Kier alpha value is -1.75. The molecule has 1 aromatic heterocycles. The lowest BCUT2D eigenvalue weighted by molar-refractivity contribution is 0.471. The van der Waals surface area contributed by atoms with Crippen LogP contribution in [0.5, 0.6) is 0 Å². The first-order chi connectivity index (χ1) is 7.90. The van der Waals surface area contributed by atoms with Crippen molar-refractivity contribution in [2.75, 3.05) is 0 Å². The van der Waals surface area contributed by atoms with E-state index < -0.39 is 6.67 Å². The van der Waals surface area contributed by atoms with Gasteiger partial charge in [0.15, 0.2) is 0 Å². The van der Waals surface area contributed by atoms with Crippen LogP contribution in [0.15, 0.2) is 24.3 Å². The molecule has 1 aromatic carbocycles. The molecule has 1 aliphatic rings. The van der Waals surface area contributed by atoms with Crippen molar-refractivity contribution in [3.8, 4) is 5.69 Å². The maximum absolute atomic E-state index is 12.7. The summed E-state index contributed by atoms with van der Waals surface area (Å²) in [6, 6.07) is 7.94. The van der Waals surface area contributed by atoms with Crippen LogP contribution in [0, 0.1) is 0 Å². The molecular weight excluding hydrogens is 207 g/mol. The Morgan fingerprint density at radius 2 is 2.19 bits per heavy atom. The molecule has 82 valence electrons. The first-order valence-electron chi connectivity index (χ1n) is 5.18. The first-order valence-corrected chi connectivity index (χ1v) is 5.18. The van der Waals surface area contributed by atoms with Crippen molar-refractivity contribution in [1.29, 1.82) is 0 Å². The molecule has 4 nitrogen and oxygen atoms in total. The fraction of sp³-hybridized carbons (Fsp3) is 0.273. The Morgan fingerprint density at radius 3 is 3.06 bits per heavy atom. The van der Waals surface area contributed by atoms with E-state index in [1.165, 1.54) is 0 Å². The molecule has 0 saturated carbocycles. The molecular formula is C11H11FN4. The van der Waals surface area contributed by atoms with E-state index >= 15 is 0 Å². The molecule has 1 aliphatic heterocycles. The quantitative estimate of drug-likeness (QED) is 0.785. The van der Waals surface area contributed by atoms with E-state index in [-0.39, 0.29) is 0 Å². The van der Waals surface area contributed by atoms with Gasteiger partial charge < -0.3 is 5.32 Å². The van der Waals surface area contributed by atoms with Crippen LogP contribution in [-0.2, 0) is 19.8 Å². The van der Waals surface area contributed by atoms with Crippen LogP contribution >= 0.6 is 0 Å². The summed E-state index contributed by atoms with van der Waals surface area (Å²) < 4.78 is 14.4. The highest BCUT2D eigenvalue weighted by atomic mass is 19.1. The minimum absolute atomic E-state index is 0.421. The molecule has 16 heavy (non-hydrogen) atoms. The molecule has 2 heterocycles. The SMILES string of the molecule is FCc1nnn2c1CNCc1ccccc1-2. The van der Waals surface area contributed by atoms with Crippen molar-refractivity contribution in [1.82, 2.24) is 20.3 Å². The number of nitrogens with zero attached hydrogens (tertiary/aromatic N) is 3. The van der Waals surface area contributed by atoms with E-state index in [9.17, 15) is 4.39 Å². The normalized spacial score (nSPS) is 14.1. The van der Waals surface area contributed by atoms with Crippen molar-refractivity contribution in [3.05, 3.63) is 41.2 Å². The van der Waals surface area contributed by atoms with Crippen LogP contribution in [0.1, 0.15) is 17.0 Å². The smallest absolute Gasteiger partial charge is 0.135 e. The molecule has 0 radical (unpaired) electrons. The number of fused-ring (bicyclic) bond motifs is 3. The van der Waals surface area contributed by atoms with Gasteiger partial charge in [-0.1, -0.05) is 23.4 Å². The maximum Gasteiger partial charge on any atom is 0.135 e. The van der Waals surface area contributed by atoms with Gasteiger partial charge in [0, 0.05) is 13.1 Å². The molecule has 0 aliphatic carbocycles. The predicted molar refractivity (Wildman–Crippen MR) is 56.7 cm³/mol. The average Bonchev–Trinajstić information content (AvgIpc) is 2.64. The minimum atomic E-state index is -0.570. The van der Waals surface area contributed by atoms with E-state index in [2.05, 4.69) is 15.6 Å². The molecule has 0 saturated heterocycles. The Labute approximate surface area is 92.1 Å². The van der Waals surface area contributed by atoms with Crippen LogP contribution in [0.4, 0.5) is 4.39 Å². The van der Waals surface area contributed by atoms with Crippen molar-refractivity contribution in [2.24, 2.45) is 0 Å². The zero-order chi connectivity index (χ0) is 11.0. The van der Waals surface area contributed by atoms with Crippen LogP contribution < -0.4 is 5.32 Å². The lowest BCUT2D eigenvalue weighted by Crippen LogP contribution is -2.12. The number of nitrogens with one attached hydrogen (secondary N) is 1. The number of hydrogen-bond acceptors (Lipinski definition) is 3. The van der Waals surface area contributed by atoms with Crippen molar-refractivity contribution in [2.45, 2.75) is 19.8 Å². The molecule has 1 N–H and O–H groups in total. The van der Waals surface area contributed by atoms with E-state index in [4.69, 9.17) is 0 Å². The number of alkyl halides is 1. The highest BCUT2D eigenvalue weighted by Crippen LogP contribution is 2.20. The summed E-state index contributed by atoms with van der Waals surface area (Å²) in [5.41, 5.74) is 3.36. The molecule has 0 bridgehead atoms. The second-order valence-corrected chi connectivity index (χ2v) is 3.76. The standard InChI is InChI=1S/C11H11FN4/c12-5-9-11-7-13-6-8-3-1-2-4-10(8)16(11)15-14-9/h1-4,13H,5-7H2. The van der Waals surface area contributed by atoms with Crippen LogP contribution in [-0.4, -0.2) is 15.0 Å². The van der Waals surface area contributed by atoms with Crippen LogP contribution in [0.3, 0.4) is 0 Å². The largest absolute Gasteiger partial charge is 0.307 e. The monoisotopic (exact) mass is 218 g/mol. The third-order valence-corrected chi connectivity index (χ3v) is 2.80. The van der Waals surface area contributed by atoms with Crippen molar-refractivity contribution >= 4 is 0 Å². The van der Waals surface area contributed by atoms with E-state index in [1.54, 1.807) is 4.68 Å². The molecule has 2 aromatic rings. The molecule has 5 heteroatoms. The second-order valence-electron chi connectivity index (χ2n) is 3.76. The van der Waals surface area contributed by atoms with Gasteiger partial charge in [0.25, 0.3) is 0 Å². The summed E-state index contributed by atoms with van der Waals surface area (Å²) in [5.74, 6) is 0. The van der Waals surface area contributed by atoms with Gasteiger partial charge >= 0.3 is 0 Å². The maximum atomic E-state index is 12.7. The number of benzene rings is 1. The van der Waals surface area contributed by atoms with Gasteiger partial charge in [-0.05, 0) is 11.6 Å². The average molecular weight is 218 g/mol. The lowest BCUT2D eigenvalue weighted by Gasteiger charge is -2.05. The Bertz CT molecular complexity index is 520. The van der Waals surface area contributed by atoms with Gasteiger partial charge in [-0.25, -0.2) is 9.07 Å². The predicted octanol–water partition coefficient (Wildman–Crippen LogP) is 1.34. The summed E-state index contributed by atoms with van der Waals surface area (Å²) in [7, 11) is 0. The van der Waals surface area contributed by atoms with Gasteiger partial charge in [0.1, 0.15) is 12.4 Å². The summed E-state index contributed by atoms with van der Waals surface area (Å²) in [4.78, 5) is 0. The van der Waals surface area contributed by atoms with Gasteiger partial charge in [-0.2, -0.15) is 0 Å². The lowest BCUT2D eigenvalue weighted by atomic mass is 10.2. The third-order valence-electron chi connectivity index (χ3n) is 2.80. The zero-order valence-electron chi connectivity index (χ0n) is 8.65. The Kier molecular flexibility index (Phi) is 2.18. The van der Waals surface area contributed by atoms with E-state index in [0.29, 0.717) is 12.2 Å². The fourth-order valence-electron chi connectivity index (χ4n) is 1.99. The molecule has 0 amide bonds. The Morgan fingerprint density at radius 1 is 1.31 bits per heavy atom. The topological polar surface area (TPSA) is 42.7 Å². The minimum Gasteiger partial charge on any atom is -0.307 e. The van der Waals surface area contributed by atoms with Crippen LogP contribution in [0.25, 0.3) is 5.69 Å². The van der Waals surface area contributed by atoms with Gasteiger partial charge in [0.2, 0.25) is 0 Å². The Balaban J connectivity index is 2.22. The van der Waals surface area contributed by atoms with Gasteiger partial charge in [-0.3, -0.25) is 0 Å². The number of halogens is 1. The highest BCUT2D eigenvalue weighted by molar-refractivity contribution is 5.42. The summed E-state index contributed by atoms with van der Waals surface area (Å²) in [6.45, 7) is 0.797. The molecule has 0 atom stereocenters. The summed E-state index contributed by atoms with van der Waals surface area (Å²) in [6.07, 6.45) is 0. The number of para-hydroxylation sites is 1. The first kappa shape index (κ1) is 9.47. The highest BCUT2D eigenvalue weighted by Gasteiger charge is 2.18. The van der Waals surface area contributed by atoms with Gasteiger partial charge in [-0.15, -0.1) is 5.10 Å². The van der Waals surface area contributed by atoms with Gasteiger partial charge in [0.05, 0.1) is 11.4 Å². The number of aromatic nitrogens is 3. The van der Waals surface area contributed by atoms with E-state index in [0.717, 1.165) is 23.5 Å². The molecule has 0 spiro atoms. The van der Waals surface area contributed by atoms with Crippen LogP contribution in [0.2, 0.25) is 0 Å². The second kappa shape index (κ2) is 3.68. The third kappa shape index (κ3) is 1.32. The number of rotatable bonds is 1. The van der Waals surface area contributed by atoms with E-state index in [1.807, 2.05) is 24.3 Å². The molecule has 0 fully saturated rings.